The van der Waals surface area contributed by atoms with E-state index < -0.39 is 0 Å². The Bertz CT molecular complexity index is 651. The summed E-state index contributed by atoms with van der Waals surface area (Å²) in [6, 6.07) is 9.55. The Morgan fingerprint density at radius 2 is 2.09 bits per heavy atom. The highest BCUT2D eigenvalue weighted by atomic mass is 16.5. The Kier molecular flexibility index (Phi) is 5.39. The molecule has 0 aliphatic carbocycles. The fourth-order valence-electron chi connectivity index (χ4n) is 2.57. The van der Waals surface area contributed by atoms with Gasteiger partial charge in [0.05, 0.1) is 13.2 Å². The average molecular weight is 315 g/mol. The molecule has 6 nitrogen and oxygen atoms in total. The lowest BCUT2D eigenvalue weighted by Crippen LogP contribution is -2.42. The zero-order valence-electron chi connectivity index (χ0n) is 13.0. The summed E-state index contributed by atoms with van der Waals surface area (Å²) in [6.45, 7) is 4.85. The Morgan fingerprint density at radius 1 is 1.26 bits per heavy atom. The van der Waals surface area contributed by atoms with E-state index in [-0.39, 0.29) is 12.5 Å². The molecule has 1 saturated heterocycles. The molecular weight excluding hydrogens is 294 g/mol. The number of morpholine rings is 1. The number of nitrogens with one attached hydrogen (secondary N) is 1. The van der Waals surface area contributed by atoms with Gasteiger partial charge in [-0.05, 0) is 12.1 Å². The van der Waals surface area contributed by atoms with E-state index in [2.05, 4.69) is 15.2 Å². The minimum absolute atomic E-state index is 0.00119. The molecule has 0 spiro atoms. The number of amides is 1. The van der Waals surface area contributed by atoms with Crippen molar-refractivity contribution in [3.05, 3.63) is 36.5 Å². The summed E-state index contributed by atoms with van der Waals surface area (Å²) in [5.41, 5.74) is 0.774. The van der Waals surface area contributed by atoms with Gasteiger partial charge in [-0.2, -0.15) is 0 Å². The van der Waals surface area contributed by atoms with E-state index in [1.165, 1.54) is 0 Å². The fourth-order valence-corrected chi connectivity index (χ4v) is 2.57. The van der Waals surface area contributed by atoms with Crippen LogP contribution in [0.1, 0.15) is 0 Å². The summed E-state index contributed by atoms with van der Waals surface area (Å²) in [5.74, 6) is 0.512. The molecule has 2 heterocycles. The number of ether oxygens (including phenoxy) is 2. The Hall–Kier alpha value is -2.18. The molecular formula is C17H21N3O3. The number of aromatic nitrogens is 1. The number of carbonyl (C=O) groups is 1. The van der Waals surface area contributed by atoms with Crippen LogP contribution in [0.3, 0.4) is 0 Å². The van der Waals surface area contributed by atoms with Gasteiger partial charge < -0.3 is 14.8 Å². The first-order valence-corrected chi connectivity index (χ1v) is 7.86. The highest BCUT2D eigenvalue weighted by Gasteiger charge is 2.11. The third-order valence-corrected chi connectivity index (χ3v) is 3.81. The number of rotatable bonds is 6. The average Bonchev–Trinajstić information content (AvgIpc) is 2.61. The summed E-state index contributed by atoms with van der Waals surface area (Å²) in [6.07, 6.45) is 1.72. The number of carbonyl (C=O) groups excluding carboxylic acids is 1. The van der Waals surface area contributed by atoms with Crippen LogP contribution in [0.4, 0.5) is 0 Å². The maximum absolute atomic E-state index is 11.9. The number of hydrogen-bond acceptors (Lipinski definition) is 5. The van der Waals surface area contributed by atoms with Crippen molar-refractivity contribution in [2.24, 2.45) is 0 Å². The lowest BCUT2D eigenvalue weighted by Gasteiger charge is -2.26. The van der Waals surface area contributed by atoms with E-state index in [4.69, 9.17) is 9.47 Å². The van der Waals surface area contributed by atoms with E-state index in [0.29, 0.717) is 12.3 Å². The first kappa shape index (κ1) is 15.7. The van der Waals surface area contributed by atoms with Crippen LogP contribution >= 0.6 is 0 Å². The van der Waals surface area contributed by atoms with Gasteiger partial charge in [0.1, 0.15) is 11.3 Å². The van der Waals surface area contributed by atoms with Crippen molar-refractivity contribution in [1.82, 2.24) is 15.2 Å². The molecule has 1 fully saturated rings. The van der Waals surface area contributed by atoms with E-state index >= 15 is 0 Å². The van der Waals surface area contributed by atoms with Crippen LogP contribution in [0.2, 0.25) is 0 Å². The zero-order chi connectivity index (χ0) is 15.9. The van der Waals surface area contributed by atoms with Gasteiger partial charge >= 0.3 is 0 Å². The molecule has 0 unspecified atom stereocenters. The molecule has 0 atom stereocenters. The maximum atomic E-state index is 11.9. The lowest BCUT2D eigenvalue weighted by atomic mass is 10.2. The molecule has 1 N–H and O–H groups in total. The van der Waals surface area contributed by atoms with Crippen molar-refractivity contribution in [2.75, 3.05) is 46.0 Å². The van der Waals surface area contributed by atoms with E-state index in [9.17, 15) is 4.79 Å². The van der Waals surface area contributed by atoms with Crippen LogP contribution in [-0.4, -0.2) is 61.8 Å². The van der Waals surface area contributed by atoms with Crippen LogP contribution < -0.4 is 10.1 Å². The molecule has 2 aromatic rings. The monoisotopic (exact) mass is 315 g/mol. The number of para-hydroxylation sites is 1. The fraction of sp³-hybridized carbons (Fsp3) is 0.412. The third kappa shape index (κ3) is 4.40. The van der Waals surface area contributed by atoms with Crippen molar-refractivity contribution in [2.45, 2.75) is 0 Å². The molecule has 3 rings (SSSR count). The predicted molar refractivity (Wildman–Crippen MR) is 87.5 cm³/mol. The minimum atomic E-state index is -0.119. The molecule has 122 valence electrons. The number of pyridine rings is 1. The largest absolute Gasteiger partial charge is 0.481 e. The van der Waals surface area contributed by atoms with Gasteiger partial charge in [0.2, 0.25) is 0 Å². The molecule has 6 heteroatoms. The SMILES string of the molecule is O=C(COc1cccc2cccnc12)NCCN1CCOCC1. The molecule has 1 aliphatic rings. The molecule has 0 bridgehead atoms. The van der Waals surface area contributed by atoms with Gasteiger partial charge in [-0.25, -0.2) is 0 Å². The number of hydrogen-bond donors (Lipinski definition) is 1. The van der Waals surface area contributed by atoms with E-state index in [1.807, 2.05) is 30.3 Å². The second-order valence-corrected chi connectivity index (χ2v) is 5.42. The molecule has 23 heavy (non-hydrogen) atoms. The zero-order valence-corrected chi connectivity index (χ0v) is 13.0. The summed E-state index contributed by atoms with van der Waals surface area (Å²) >= 11 is 0. The highest BCUT2D eigenvalue weighted by Crippen LogP contribution is 2.22. The van der Waals surface area contributed by atoms with Crippen molar-refractivity contribution in [3.8, 4) is 5.75 Å². The Labute approximate surface area is 135 Å². The second-order valence-electron chi connectivity index (χ2n) is 5.42. The maximum Gasteiger partial charge on any atom is 0.257 e. The third-order valence-electron chi connectivity index (χ3n) is 3.81. The molecule has 1 aromatic carbocycles. The van der Waals surface area contributed by atoms with Crippen molar-refractivity contribution >= 4 is 16.8 Å². The molecule has 1 aromatic heterocycles. The minimum Gasteiger partial charge on any atom is -0.481 e. The summed E-state index contributed by atoms with van der Waals surface area (Å²) in [4.78, 5) is 18.5. The lowest BCUT2D eigenvalue weighted by molar-refractivity contribution is -0.123. The van der Waals surface area contributed by atoms with Crippen LogP contribution in [0.5, 0.6) is 5.75 Å². The van der Waals surface area contributed by atoms with E-state index in [1.54, 1.807) is 6.20 Å². The first-order chi connectivity index (χ1) is 11.3. The van der Waals surface area contributed by atoms with Crippen LogP contribution in [0.25, 0.3) is 10.9 Å². The molecule has 0 radical (unpaired) electrons. The van der Waals surface area contributed by atoms with Gasteiger partial charge in [0.15, 0.2) is 6.61 Å². The topological polar surface area (TPSA) is 63.7 Å². The Balaban J connectivity index is 1.45. The van der Waals surface area contributed by atoms with Gasteiger partial charge in [0, 0.05) is 37.8 Å². The summed E-state index contributed by atoms with van der Waals surface area (Å²) in [7, 11) is 0. The van der Waals surface area contributed by atoms with Gasteiger partial charge in [-0.3, -0.25) is 14.7 Å². The number of benzene rings is 1. The van der Waals surface area contributed by atoms with Crippen molar-refractivity contribution in [1.29, 1.82) is 0 Å². The molecule has 1 amide bonds. The molecule has 1 aliphatic heterocycles. The Morgan fingerprint density at radius 3 is 2.96 bits per heavy atom. The number of fused-ring (bicyclic) bond motifs is 1. The van der Waals surface area contributed by atoms with Crippen LogP contribution in [0.15, 0.2) is 36.5 Å². The van der Waals surface area contributed by atoms with Crippen LogP contribution in [-0.2, 0) is 9.53 Å². The van der Waals surface area contributed by atoms with Crippen molar-refractivity contribution in [3.63, 3.8) is 0 Å². The summed E-state index contributed by atoms with van der Waals surface area (Å²) in [5, 5.41) is 3.88. The van der Waals surface area contributed by atoms with E-state index in [0.717, 1.165) is 43.8 Å². The normalized spacial score (nSPS) is 15.5. The smallest absolute Gasteiger partial charge is 0.257 e. The quantitative estimate of drug-likeness (QED) is 0.864. The van der Waals surface area contributed by atoms with Gasteiger partial charge in [0.25, 0.3) is 5.91 Å². The summed E-state index contributed by atoms with van der Waals surface area (Å²) < 4.78 is 10.9. The predicted octanol–water partition coefficient (Wildman–Crippen LogP) is 1.06. The van der Waals surface area contributed by atoms with Gasteiger partial charge in [-0.1, -0.05) is 18.2 Å². The highest BCUT2D eigenvalue weighted by molar-refractivity contribution is 5.85. The second kappa shape index (κ2) is 7.89. The number of nitrogens with zero attached hydrogens (tertiary/aromatic N) is 2. The standard InChI is InChI=1S/C17H21N3O3/c21-16(18-7-8-20-9-11-22-12-10-20)13-23-15-5-1-3-14-4-2-6-19-17(14)15/h1-6H,7-13H2,(H,18,21). The van der Waals surface area contributed by atoms with Crippen molar-refractivity contribution < 1.29 is 14.3 Å². The van der Waals surface area contributed by atoms with Gasteiger partial charge in [-0.15, -0.1) is 0 Å². The first-order valence-electron chi connectivity index (χ1n) is 7.86. The van der Waals surface area contributed by atoms with Crippen LogP contribution in [0, 0.1) is 0 Å². The molecule has 0 saturated carbocycles.